The highest BCUT2D eigenvalue weighted by atomic mass is 16.5. The maximum absolute atomic E-state index is 9.29. The number of methoxy groups -OCH3 is 1. The van der Waals surface area contributed by atoms with Crippen LogP contribution < -0.4 is 4.74 Å². The summed E-state index contributed by atoms with van der Waals surface area (Å²) >= 11 is 0. The molecule has 0 aromatic heterocycles. The summed E-state index contributed by atoms with van der Waals surface area (Å²) in [5, 5.41) is 9.29. The minimum Gasteiger partial charge on any atom is -0.497 e. The summed E-state index contributed by atoms with van der Waals surface area (Å²) in [5.41, 5.74) is 2.80. The van der Waals surface area contributed by atoms with Gasteiger partial charge in [-0.3, -0.25) is 0 Å². The number of fused-ring (bicyclic) bond motifs is 4. The van der Waals surface area contributed by atoms with Gasteiger partial charge in [-0.05, 0) is 35.6 Å². The predicted octanol–water partition coefficient (Wildman–Crippen LogP) is 2.42. The number of ether oxygens (including phenoxy) is 1. The van der Waals surface area contributed by atoms with E-state index in [4.69, 9.17) is 4.74 Å². The monoisotopic (exact) mass is 197 g/mol. The van der Waals surface area contributed by atoms with Gasteiger partial charge in [-0.2, -0.15) is 5.26 Å². The van der Waals surface area contributed by atoms with Gasteiger partial charge in [0.2, 0.25) is 0 Å². The first-order valence-corrected chi connectivity index (χ1v) is 5.42. The Morgan fingerprint density at radius 2 is 2.33 bits per heavy atom. The van der Waals surface area contributed by atoms with E-state index in [9.17, 15) is 5.26 Å². The van der Waals surface area contributed by atoms with Crippen LogP contribution >= 0.6 is 0 Å². The molecule has 0 N–H and O–H groups in total. The largest absolute Gasteiger partial charge is 0.497 e. The van der Waals surface area contributed by atoms with Crippen LogP contribution in [0.25, 0.3) is 0 Å². The van der Waals surface area contributed by atoms with Gasteiger partial charge in [0.05, 0.1) is 18.6 Å². The van der Waals surface area contributed by atoms with Crippen LogP contribution in [-0.4, -0.2) is 7.11 Å². The first-order chi connectivity index (χ1) is 7.32. The molecule has 2 saturated carbocycles. The standard InChI is InChI=1S/C13H11NO/c1-15-7-2-3-8-9(4-7)12-11-5-10(8)13(11,12)6-14/h2-4,10-12H,5H2,1H3/t10-,11-,12+,13-/m0/s1. The molecule has 74 valence electrons. The average Bonchev–Trinajstić information content (AvgIpc) is 2.71. The Hall–Kier alpha value is -1.49. The van der Waals surface area contributed by atoms with Gasteiger partial charge in [-0.25, -0.2) is 0 Å². The lowest BCUT2D eigenvalue weighted by Crippen LogP contribution is -2.24. The summed E-state index contributed by atoms with van der Waals surface area (Å²) in [6, 6.07) is 8.86. The molecular weight excluding hydrogens is 186 g/mol. The Morgan fingerprint density at radius 3 is 3.07 bits per heavy atom. The van der Waals surface area contributed by atoms with Gasteiger partial charge in [0, 0.05) is 11.8 Å². The molecule has 4 atom stereocenters. The lowest BCUT2D eigenvalue weighted by Gasteiger charge is -2.31. The van der Waals surface area contributed by atoms with E-state index < -0.39 is 0 Å². The molecule has 0 aliphatic heterocycles. The molecule has 4 rings (SSSR count). The maximum Gasteiger partial charge on any atom is 0.119 e. The zero-order chi connectivity index (χ0) is 10.2. The summed E-state index contributed by atoms with van der Waals surface area (Å²) in [4.78, 5) is 0. The van der Waals surface area contributed by atoms with E-state index in [0.717, 1.165) is 5.75 Å². The SMILES string of the molecule is COc1ccc2c(c1)[C@@H]1[C@@H]3C[C@@H]2[C@]13C#N. The highest BCUT2D eigenvalue weighted by molar-refractivity contribution is 5.61. The predicted molar refractivity (Wildman–Crippen MR) is 54.6 cm³/mol. The average molecular weight is 197 g/mol. The molecule has 1 aromatic rings. The van der Waals surface area contributed by atoms with Crippen LogP contribution in [0.5, 0.6) is 5.75 Å². The first kappa shape index (κ1) is 7.76. The van der Waals surface area contributed by atoms with E-state index in [1.54, 1.807) is 7.11 Å². The fourth-order valence-electron chi connectivity index (χ4n) is 3.93. The van der Waals surface area contributed by atoms with Crippen molar-refractivity contribution < 1.29 is 4.74 Å². The second kappa shape index (κ2) is 2.04. The van der Waals surface area contributed by atoms with Crippen molar-refractivity contribution in [3.8, 4) is 11.8 Å². The van der Waals surface area contributed by atoms with E-state index in [1.807, 2.05) is 6.07 Å². The van der Waals surface area contributed by atoms with Crippen molar-refractivity contribution in [2.24, 2.45) is 11.3 Å². The Morgan fingerprint density at radius 1 is 1.47 bits per heavy atom. The smallest absolute Gasteiger partial charge is 0.119 e. The topological polar surface area (TPSA) is 33.0 Å². The van der Waals surface area contributed by atoms with Crippen LogP contribution in [0, 0.1) is 22.7 Å². The minimum absolute atomic E-state index is 0.00863. The molecule has 0 unspecified atom stereocenters. The van der Waals surface area contributed by atoms with Gasteiger partial charge in [0.15, 0.2) is 0 Å². The lowest BCUT2D eigenvalue weighted by molar-refractivity contribution is 0.311. The van der Waals surface area contributed by atoms with Crippen LogP contribution in [0.15, 0.2) is 18.2 Å². The van der Waals surface area contributed by atoms with Crippen LogP contribution in [0.1, 0.15) is 29.4 Å². The van der Waals surface area contributed by atoms with Crippen molar-refractivity contribution in [2.45, 2.75) is 18.3 Å². The summed E-state index contributed by atoms with van der Waals surface area (Å²) in [7, 11) is 1.70. The molecule has 0 radical (unpaired) electrons. The number of hydrogen-bond donors (Lipinski definition) is 0. The molecule has 1 aromatic carbocycles. The molecule has 0 saturated heterocycles. The summed E-state index contributed by atoms with van der Waals surface area (Å²) < 4.78 is 5.24. The molecule has 0 spiro atoms. The first-order valence-electron chi connectivity index (χ1n) is 5.42. The Bertz CT molecular complexity index is 516. The van der Waals surface area contributed by atoms with Crippen molar-refractivity contribution >= 4 is 0 Å². The number of nitriles is 1. The third-order valence-corrected chi connectivity index (χ3v) is 4.69. The van der Waals surface area contributed by atoms with Gasteiger partial charge in [0.25, 0.3) is 0 Å². The van der Waals surface area contributed by atoms with Crippen molar-refractivity contribution in [2.75, 3.05) is 7.11 Å². The molecule has 2 heteroatoms. The summed E-state index contributed by atoms with van der Waals surface area (Å²) in [5.74, 6) is 2.64. The van der Waals surface area contributed by atoms with E-state index in [1.165, 1.54) is 17.5 Å². The van der Waals surface area contributed by atoms with E-state index in [2.05, 4.69) is 18.2 Å². The molecular formula is C13H11NO. The van der Waals surface area contributed by atoms with Crippen molar-refractivity contribution in [3.05, 3.63) is 29.3 Å². The van der Waals surface area contributed by atoms with Gasteiger partial charge in [-0.1, -0.05) is 6.07 Å². The highest BCUT2D eigenvalue weighted by Gasteiger charge is 2.81. The second-order valence-corrected chi connectivity index (χ2v) is 4.91. The summed E-state index contributed by atoms with van der Waals surface area (Å²) in [6.07, 6.45) is 1.23. The Labute approximate surface area is 88.5 Å². The number of rotatable bonds is 1. The zero-order valence-electron chi connectivity index (χ0n) is 8.53. The molecule has 0 amide bonds. The van der Waals surface area contributed by atoms with Crippen molar-refractivity contribution in [1.82, 2.24) is 0 Å². The minimum atomic E-state index is 0.00863. The van der Waals surface area contributed by atoms with Crippen LogP contribution in [0.2, 0.25) is 0 Å². The molecule has 2 nitrogen and oxygen atoms in total. The lowest BCUT2D eigenvalue weighted by atomic mass is 9.71. The normalized spacial score (nSPS) is 42.3. The highest BCUT2D eigenvalue weighted by Crippen LogP contribution is 2.87. The third kappa shape index (κ3) is 0.587. The Balaban J connectivity index is 1.90. The quantitative estimate of drug-likeness (QED) is 0.692. The molecule has 3 aliphatic carbocycles. The molecule has 15 heavy (non-hydrogen) atoms. The molecule has 3 aliphatic rings. The van der Waals surface area contributed by atoms with Gasteiger partial charge < -0.3 is 4.74 Å². The summed E-state index contributed by atoms with van der Waals surface area (Å²) in [6.45, 7) is 0. The fraction of sp³-hybridized carbons (Fsp3) is 0.462. The Kier molecular flexibility index (Phi) is 1.05. The van der Waals surface area contributed by atoms with Gasteiger partial charge in [-0.15, -0.1) is 0 Å². The van der Waals surface area contributed by atoms with Gasteiger partial charge in [0.1, 0.15) is 5.75 Å². The van der Waals surface area contributed by atoms with Crippen LogP contribution in [-0.2, 0) is 0 Å². The number of nitrogens with zero attached hydrogens (tertiary/aromatic N) is 1. The van der Waals surface area contributed by atoms with Crippen molar-refractivity contribution in [1.29, 1.82) is 5.26 Å². The van der Waals surface area contributed by atoms with Crippen LogP contribution in [0.4, 0.5) is 0 Å². The van der Waals surface area contributed by atoms with Gasteiger partial charge >= 0.3 is 0 Å². The maximum atomic E-state index is 9.29. The third-order valence-electron chi connectivity index (χ3n) is 4.69. The van der Waals surface area contributed by atoms with E-state index in [-0.39, 0.29) is 5.41 Å². The number of hydrogen-bond acceptors (Lipinski definition) is 2. The van der Waals surface area contributed by atoms with Crippen LogP contribution in [0.3, 0.4) is 0 Å². The molecule has 2 fully saturated rings. The molecule has 0 bridgehead atoms. The second-order valence-electron chi connectivity index (χ2n) is 4.91. The zero-order valence-corrected chi connectivity index (χ0v) is 8.53. The molecule has 0 heterocycles. The van der Waals surface area contributed by atoms with E-state index >= 15 is 0 Å². The fourth-order valence-corrected chi connectivity index (χ4v) is 3.93. The number of benzene rings is 1. The van der Waals surface area contributed by atoms with E-state index in [0.29, 0.717) is 17.8 Å². The van der Waals surface area contributed by atoms with Crippen molar-refractivity contribution in [3.63, 3.8) is 0 Å².